The number of aromatic nitrogens is 2. The lowest BCUT2D eigenvalue weighted by Crippen LogP contribution is -2.47. The van der Waals surface area contributed by atoms with Crippen LogP contribution in [-0.2, 0) is 10.5 Å². The van der Waals surface area contributed by atoms with Crippen molar-refractivity contribution < 1.29 is 4.79 Å². The molecule has 1 aromatic heterocycles. The molecule has 1 aliphatic rings. The van der Waals surface area contributed by atoms with Crippen LogP contribution in [0.2, 0.25) is 0 Å². The van der Waals surface area contributed by atoms with Crippen LogP contribution in [0.1, 0.15) is 17.5 Å². The molecule has 2 heterocycles. The van der Waals surface area contributed by atoms with Gasteiger partial charge in [-0.3, -0.25) is 9.69 Å². The molecule has 1 aliphatic heterocycles. The highest BCUT2D eigenvalue weighted by Crippen LogP contribution is 2.13. The molecule has 0 radical (unpaired) electrons. The minimum Gasteiger partial charge on any atom is -0.355 e. The Labute approximate surface area is 171 Å². The number of nitrogens with zero attached hydrogens (tertiary/aromatic N) is 4. The quantitative estimate of drug-likeness (QED) is 0.653. The van der Waals surface area contributed by atoms with Crippen LogP contribution in [0.5, 0.6) is 0 Å². The lowest BCUT2D eigenvalue weighted by Gasteiger charge is -2.34. The Bertz CT molecular complexity index is 735. The highest BCUT2D eigenvalue weighted by Gasteiger charge is 2.18. The Hall–Kier alpha value is -2.12. The maximum atomic E-state index is 12.0. The number of hydrogen-bond donors (Lipinski definition) is 1. The largest absolute Gasteiger partial charge is 0.355 e. The molecule has 0 saturated carbocycles. The number of benzene rings is 1. The number of carbonyl (C=O) groups is 1. The summed E-state index contributed by atoms with van der Waals surface area (Å²) in [4.78, 5) is 25.3. The van der Waals surface area contributed by atoms with Gasteiger partial charge in [-0.1, -0.05) is 29.8 Å². The molecule has 3 rings (SSSR count). The SMILES string of the molecule is Cc1cccc(CSCC(=O)NCCCN2CCN(c3ncccn3)CC2)c1. The van der Waals surface area contributed by atoms with E-state index < -0.39 is 0 Å². The third-order valence-electron chi connectivity index (χ3n) is 4.76. The number of thioether (sulfide) groups is 1. The number of piperazine rings is 1. The van der Waals surface area contributed by atoms with E-state index in [2.05, 4.69) is 56.3 Å². The fourth-order valence-corrected chi connectivity index (χ4v) is 4.08. The number of rotatable bonds is 9. The van der Waals surface area contributed by atoms with E-state index in [0.29, 0.717) is 5.75 Å². The molecule has 150 valence electrons. The number of anilines is 1. The summed E-state index contributed by atoms with van der Waals surface area (Å²) in [5, 5.41) is 3.04. The van der Waals surface area contributed by atoms with Gasteiger partial charge in [-0.05, 0) is 31.5 Å². The van der Waals surface area contributed by atoms with Crippen molar-refractivity contribution in [1.29, 1.82) is 0 Å². The summed E-state index contributed by atoms with van der Waals surface area (Å²) in [5.41, 5.74) is 2.54. The molecule has 1 aromatic carbocycles. The summed E-state index contributed by atoms with van der Waals surface area (Å²) in [6.45, 7) is 7.78. The predicted molar refractivity (Wildman–Crippen MR) is 116 cm³/mol. The molecule has 1 amide bonds. The molecule has 0 unspecified atom stereocenters. The maximum Gasteiger partial charge on any atom is 0.230 e. The van der Waals surface area contributed by atoms with Crippen LogP contribution >= 0.6 is 11.8 Å². The molecule has 28 heavy (non-hydrogen) atoms. The summed E-state index contributed by atoms with van der Waals surface area (Å²) < 4.78 is 0. The molecule has 6 nitrogen and oxygen atoms in total. The van der Waals surface area contributed by atoms with Gasteiger partial charge < -0.3 is 10.2 Å². The zero-order valence-corrected chi connectivity index (χ0v) is 17.3. The third kappa shape index (κ3) is 6.80. The summed E-state index contributed by atoms with van der Waals surface area (Å²) in [6.07, 6.45) is 4.56. The third-order valence-corrected chi connectivity index (χ3v) is 5.77. The van der Waals surface area contributed by atoms with E-state index in [1.807, 2.05) is 6.07 Å². The van der Waals surface area contributed by atoms with Crippen LogP contribution in [0.4, 0.5) is 5.95 Å². The van der Waals surface area contributed by atoms with E-state index in [-0.39, 0.29) is 5.91 Å². The van der Waals surface area contributed by atoms with Crippen LogP contribution in [0, 0.1) is 6.92 Å². The zero-order valence-electron chi connectivity index (χ0n) is 16.5. The topological polar surface area (TPSA) is 61.4 Å². The fourth-order valence-electron chi connectivity index (χ4n) is 3.27. The summed E-state index contributed by atoms with van der Waals surface area (Å²) >= 11 is 1.67. The van der Waals surface area contributed by atoms with Gasteiger partial charge in [-0.2, -0.15) is 0 Å². The molecule has 0 bridgehead atoms. The second kappa shape index (κ2) is 11.0. The van der Waals surface area contributed by atoms with Crippen LogP contribution in [0.15, 0.2) is 42.7 Å². The average molecular weight is 400 g/mol. The van der Waals surface area contributed by atoms with Crippen molar-refractivity contribution in [3.63, 3.8) is 0 Å². The van der Waals surface area contributed by atoms with E-state index in [9.17, 15) is 4.79 Å². The molecular formula is C21H29N5OS. The highest BCUT2D eigenvalue weighted by atomic mass is 32.2. The Morgan fingerprint density at radius 1 is 1.14 bits per heavy atom. The van der Waals surface area contributed by atoms with Gasteiger partial charge >= 0.3 is 0 Å². The minimum atomic E-state index is 0.128. The average Bonchev–Trinajstić information content (AvgIpc) is 2.72. The van der Waals surface area contributed by atoms with Gasteiger partial charge in [0.2, 0.25) is 11.9 Å². The lowest BCUT2D eigenvalue weighted by atomic mass is 10.2. The summed E-state index contributed by atoms with van der Waals surface area (Å²) in [6, 6.07) is 10.3. The second-order valence-corrected chi connectivity index (χ2v) is 8.05. The zero-order chi connectivity index (χ0) is 19.6. The van der Waals surface area contributed by atoms with Crippen molar-refractivity contribution in [3.8, 4) is 0 Å². The molecule has 1 fully saturated rings. The number of aryl methyl sites for hydroxylation is 1. The highest BCUT2D eigenvalue weighted by molar-refractivity contribution is 7.99. The van der Waals surface area contributed by atoms with E-state index in [1.165, 1.54) is 11.1 Å². The van der Waals surface area contributed by atoms with E-state index >= 15 is 0 Å². The smallest absolute Gasteiger partial charge is 0.230 e. The van der Waals surface area contributed by atoms with Gasteiger partial charge in [0.25, 0.3) is 0 Å². The first-order valence-electron chi connectivity index (χ1n) is 9.85. The molecular weight excluding hydrogens is 370 g/mol. The van der Waals surface area contributed by atoms with Crippen molar-refractivity contribution in [1.82, 2.24) is 20.2 Å². The van der Waals surface area contributed by atoms with Crippen LogP contribution in [0.3, 0.4) is 0 Å². The standard InChI is InChI=1S/C21H29N5OS/c1-18-5-2-6-19(15-18)16-28-17-20(27)22-9-4-10-25-11-13-26(14-12-25)21-23-7-3-8-24-21/h2-3,5-8,15H,4,9-14,16-17H2,1H3,(H,22,27). The Kier molecular flexibility index (Phi) is 8.11. The lowest BCUT2D eigenvalue weighted by molar-refractivity contribution is -0.118. The molecule has 2 aromatic rings. The monoisotopic (exact) mass is 399 g/mol. The Morgan fingerprint density at radius 2 is 1.93 bits per heavy atom. The minimum absolute atomic E-state index is 0.128. The molecule has 1 saturated heterocycles. The summed E-state index contributed by atoms with van der Waals surface area (Å²) in [7, 11) is 0. The Balaban J connectivity index is 1.23. The van der Waals surface area contributed by atoms with Gasteiger partial charge in [0, 0.05) is 50.9 Å². The molecule has 1 N–H and O–H groups in total. The molecule has 0 atom stereocenters. The van der Waals surface area contributed by atoms with Crippen molar-refractivity contribution in [2.75, 3.05) is 49.9 Å². The van der Waals surface area contributed by atoms with Crippen molar-refractivity contribution in [2.45, 2.75) is 19.1 Å². The van der Waals surface area contributed by atoms with Crippen molar-refractivity contribution in [3.05, 3.63) is 53.9 Å². The first kappa shape index (κ1) is 20.6. The second-order valence-electron chi connectivity index (χ2n) is 7.06. The molecule has 0 spiro atoms. The van der Waals surface area contributed by atoms with Gasteiger partial charge in [-0.15, -0.1) is 11.8 Å². The van der Waals surface area contributed by atoms with Crippen LogP contribution in [-0.4, -0.2) is 65.8 Å². The number of amides is 1. The van der Waals surface area contributed by atoms with Gasteiger partial charge in [0.05, 0.1) is 5.75 Å². The molecule has 7 heteroatoms. The first-order valence-corrected chi connectivity index (χ1v) is 11.0. The van der Waals surface area contributed by atoms with E-state index in [1.54, 1.807) is 24.2 Å². The van der Waals surface area contributed by atoms with E-state index in [4.69, 9.17) is 0 Å². The van der Waals surface area contributed by atoms with Gasteiger partial charge in [0.15, 0.2) is 0 Å². The Morgan fingerprint density at radius 3 is 2.68 bits per heavy atom. The van der Waals surface area contributed by atoms with Gasteiger partial charge in [-0.25, -0.2) is 9.97 Å². The normalized spacial score (nSPS) is 14.8. The first-order chi connectivity index (χ1) is 13.7. The van der Waals surface area contributed by atoms with E-state index in [0.717, 1.165) is 57.4 Å². The number of nitrogens with one attached hydrogen (secondary N) is 1. The summed E-state index contributed by atoms with van der Waals surface area (Å²) in [5.74, 6) is 2.34. The number of hydrogen-bond acceptors (Lipinski definition) is 6. The fraction of sp³-hybridized carbons (Fsp3) is 0.476. The van der Waals surface area contributed by atoms with Gasteiger partial charge in [0.1, 0.15) is 0 Å². The van der Waals surface area contributed by atoms with Crippen molar-refractivity contribution >= 4 is 23.6 Å². The van der Waals surface area contributed by atoms with Crippen molar-refractivity contribution in [2.24, 2.45) is 0 Å². The molecule has 0 aliphatic carbocycles. The maximum absolute atomic E-state index is 12.0. The predicted octanol–water partition coefficient (Wildman–Crippen LogP) is 2.35. The van der Waals surface area contributed by atoms with Crippen LogP contribution < -0.4 is 10.2 Å². The van der Waals surface area contributed by atoms with Crippen LogP contribution in [0.25, 0.3) is 0 Å². The number of carbonyl (C=O) groups excluding carboxylic acids is 1.